The predicted octanol–water partition coefficient (Wildman–Crippen LogP) is 1.96. The number of hydrogen-bond acceptors (Lipinski definition) is 4. The molecule has 0 fully saturated rings. The second-order valence-corrected chi connectivity index (χ2v) is 7.18. The van der Waals surface area contributed by atoms with Gasteiger partial charge in [0.15, 0.2) is 9.84 Å². The SMILES string of the molecule is C=CC(C)(CCS(=O)(=O)C(C)C)C(=O)OCC. The molecule has 0 rings (SSSR count). The highest BCUT2D eigenvalue weighted by Crippen LogP contribution is 2.26. The van der Waals surface area contributed by atoms with Crippen molar-refractivity contribution >= 4 is 15.8 Å². The summed E-state index contributed by atoms with van der Waals surface area (Å²) in [6.45, 7) is 10.5. The number of carbonyl (C=O) groups is 1. The number of sulfone groups is 1. The summed E-state index contributed by atoms with van der Waals surface area (Å²) in [4.78, 5) is 11.7. The van der Waals surface area contributed by atoms with Crippen LogP contribution < -0.4 is 0 Å². The molecule has 0 aromatic heterocycles. The van der Waals surface area contributed by atoms with Gasteiger partial charge in [-0.2, -0.15) is 0 Å². The fourth-order valence-corrected chi connectivity index (χ4v) is 2.35. The molecule has 100 valence electrons. The van der Waals surface area contributed by atoms with Crippen LogP contribution in [0, 0.1) is 5.41 Å². The van der Waals surface area contributed by atoms with E-state index in [1.54, 1.807) is 27.7 Å². The molecule has 0 aromatic carbocycles. The molecule has 0 aliphatic rings. The summed E-state index contributed by atoms with van der Waals surface area (Å²) in [6, 6.07) is 0. The van der Waals surface area contributed by atoms with Gasteiger partial charge < -0.3 is 4.74 Å². The van der Waals surface area contributed by atoms with E-state index in [2.05, 4.69) is 6.58 Å². The maximum atomic E-state index is 11.7. The van der Waals surface area contributed by atoms with E-state index in [-0.39, 0.29) is 18.8 Å². The molecule has 17 heavy (non-hydrogen) atoms. The summed E-state index contributed by atoms with van der Waals surface area (Å²) in [5.74, 6) is -0.458. The lowest BCUT2D eigenvalue weighted by Crippen LogP contribution is -2.31. The van der Waals surface area contributed by atoms with E-state index < -0.39 is 26.5 Å². The first-order valence-corrected chi connectivity index (χ1v) is 7.43. The van der Waals surface area contributed by atoms with Gasteiger partial charge in [0.1, 0.15) is 0 Å². The first-order chi connectivity index (χ1) is 7.69. The molecule has 0 spiro atoms. The van der Waals surface area contributed by atoms with Gasteiger partial charge in [-0.15, -0.1) is 6.58 Å². The number of hydrogen-bond donors (Lipinski definition) is 0. The van der Waals surface area contributed by atoms with Gasteiger partial charge in [-0.1, -0.05) is 6.08 Å². The summed E-state index contributed by atoms with van der Waals surface area (Å²) < 4.78 is 28.3. The minimum Gasteiger partial charge on any atom is -0.465 e. The number of ether oxygens (including phenoxy) is 1. The lowest BCUT2D eigenvalue weighted by molar-refractivity contribution is -0.151. The highest BCUT2D eigenvalue weighted by molar-refractivity contribution is 7.91. The van der Waals surface area contributed by atoms with Crippen LogP contribution in [0.3, 0.4) is 0 Å². The van der Waals surface area contributed by atoms with E-state index in [9.17, 15) is 13.2 Å². The molecule has 1 atom stereocenters. The highest BCUT2D eigenvalue weighted by atomic mass is 32.2. The molecule has 0 heterocycles. The Bertz CT molecular complexity index is 370. The summed E-state index contributed by atoms with van der Waals surface area (Å²) >= 11 is 0. The van der Waals surface area contributed by atoms with E-state index in [0.29, 0.717) is 0 Å². The normalized spacial score (nSPS) is 15.4. The number of carbonyl (C=O) groups excluding carboxylic acids is 1. The largest absolute Gasteiger partial charge is 0.465 e. The molecular formula is C12H22O4S. The first kappa shape index (κ1) is 16.2. The smallest absolute Gasteiger partial charge is 0.315 e. The Morgan fingerprint density at radius 2 is 2.00 bits per heavy atom. The fourth-order valence-electron chi connectivity index (χ4n) is 1.17. The molecule has 0 aromatic rings. The molecule has 1 unspecified atom stereocenters. The minimum atomic E-state index is -3.15. The lowest BCUT2D eigenvalue weighted by Gasteiger charge is -2.23. The molecule has 0 saturated carbocycles. The van der Waals surface area contributed by atoms with Gasteiger partial charge in [0, 0.05) is 0 Å². The van der Waals surface area contributed by atoms with Gasteiger partial charge >= 0.3 is 5.97 Å². The average molecular weight is 262 g/mol. The molecule has 0 bridgehead atoms. The first-order valence-electron chi connectivity index (χ1n) is 5.72. The predicted molar refractivity (Wildman–Crippen MR) is 68.5 cm³/mol. The summed E-state index contributed by atoms with van der Waals surface area (Å²) in [7, 11) is -3.15. The minimum absolute atomic E-state index is 0.0357. The third-order valence-electron chi connectivity index (χ3n) is 2.82. The van der Waals surface area contributed by atoms with Crippen molar-refractivity contribution in [2.45, 2.75) is 39.4 Å². The molecule has 0 saturated heterocycles. The second-order valence-electron chi connectivity index (χ2n) is 4.51. The van der Waals surface area contributed by atoms with Crippen LogP contribution in [0.5, 0.6) is 0 Å². The van der Waals surface area contributed by atoms with Crippen LogP contribution in [0.4, 0.5) is 0 Å². The number of esters is 1. The Labute approximate surface area is 104 Å². The van der Waals surface area contributed by atoms with Crippen molar-refractivity contribution in [1.82, 2.24) is 0 Å². The van der Waals surface area contributed by atoms with E-state index in [4.69, 9.17) is 4.74 Å². The van der Waals surface area contributed by atoms with E-state index in [1.807, 2.05) is 0 Å². The van der Waals surface area contributed by atoms with E-state index >= 15 is 0 Å². The van der Waals surface area contributed by atoms with Crippen molar-refractivity contribution in [3.05, 3.63) is 12.7 Å². The molecule has 0 aliphatic carbocycles. The maximum absolute atomic E-state index is 11.7. The quantitative estimate of drug-likeness (QED) is 0.520. The van der Waals surface area contributed by atoms with E-state index in [1.165, 1.54) is 6.08 Å². The fraction of sp³-hybridized carbons (Fsp3) is 0.750. The van der Waals surface area contributed by atoms with Crippen LogP contribution in [0.15, 0.2) is 12.7 Å². The van der Waals surface area contributed by atoms with Crippen molar-refractivity contribution in [2.24, 2.45) is 5.41 Å². The summed E-state index contributed by atoms with van der Waals surface area (Å²) in [5, 5.41) is -0.432. The van der Waals surface area contributed by atoms with Crippen LogP contribution >= 0.6 is 0 Å². The molecule has 0 aliphatic heterocycles. The van der Waals surface area contributed by atoms with Gasteiger partial charge in [-0.3, -0.25) is 4.79 Å². The van der Waals surface area contributed by atoms with Crippen LogP contribution in [0.1, 0.15) is 34.1 Å². The average Bonchev–Trinajstić information content (AvgIpc) is 2.26. The molecule has 0 amide bonds. The Morgan fingerprint density at radius 3 is 2.35 bits per heavy atom. The van der Waals surface area contributed by atoms with Crippen molar-refractivity contribution in [3.8, 4) is 0 Å². The van der Waals surface area contributed by atoms with Crippen molar-refractivity contribution in [1.29, 1.82) is 0 Å². The maximum Gasteiger partial charge on any atom is 0.315 e. The third kappa shape index (κ3) is 4.50. The van der Waals surface area contributed by atoms with Crippen LogP contribution in [-0.4, -0.2) is 32.0 Å². The highest BCUT2D eigenvalue weighted by Gasteiger charge is 2.33. The van der Waals surface area contributed by atoms with Crippen molar-refractivity contribution < 1.29 is 17.9 Å². The second kappa shape index (κ2) is 6.19. The molecule has 0 N–H and O–H groups in total. The molecule has 4 nitrogen and oxygen atoms in total. The molecular weight excluding hydrogens is 240 g/mol. The summed E-state index contributed by atoms with van der Waals surface area (Å²) in [5.41, 5.74) is -0.933. The zero-order valence-corrected chi connectivity index (χ0v) is 11.8. The van der Waals surface area contributed by atoms with Crippen LogP contribution in [0.25, 0.3) is 0 Å². The van der Waals surface area contributed by atoms with Gasteiger partial charge in [0.25, 0.3) is 0 Å². The lowest BCUT2D eigenvalue weighted by atomic mass is 9.88. The zero-order valence-electron chi connectivity index (χ0n) is 11.0. The Kier molecular flexibility index (Phi) is 5.88. The summed E-state index contributed by atoms with van der Waals surface area (Å²) in [6.07, 6.45) is 1.66. The van der Waals surface area contributed by atoms with Crippen molar-refractivity contribution in [2.75, 3.05) is 12.4 Å². The molecule has 5 heteroatoms. The Morgan fingerprint density at radius 1 is 1.47 bits per heavy atom. The van der Waals surface area contributed by atoms with Crippen LogP contribution in [-0.2, 0) is 19.4 Å². The Hall–Kier alpha value is -0.840. The third-order valence-corrected chi connectivity index (χ3v) is 5.03. The van der Waals surface area contributed by atoms with Gasteiger partial charge in [-0.25, -0.2) is 8.42 Å². The van der Waals surface area contributed by atoms with Gasteiger partial charge in [0.05, 0.1) is 23.0 Å². The van der Waals surface area contributed by atoms with Gasteiger partial charge in [-0.05, 0) is 34.1 Å². The van der Waals surface area contributed by atoms with E-state index in [0.717, 1.165) is 0 Å². The topological polar surface area (TPSA) is 60.4 Å². The van der Waals surface area contributed by atoms with Gasteiger partial charge in [0.2, 0.25) is 0 Å². The zero-order chi connectivity index (χ0) is 13.7. The molecule has 0 radical (unpaired) electrons. The van der Waals surface area contributed by atoms with Crippen LogP contribution in [0.2, 0.25) is 0 Å². The standard InChI is InChI=1S/C12H22O4S/c1-6-12(5,11(13)16-7-2)8-9-17(14,15)10(3)4/h6,10H,1,7-9H2,2-5H3. The Balaban J connectivity index is 4.73. The monoisotopic (exact) mass is 262 g/mol. The van der Waals surface area contributed by atoms with Crippen molar-refractivity contribution in [3.63, 3.8) is 0 Å². The number of rotatable bonds is 7.